The summed E-state index contributed by atoms with van der Waals surface area (Å²) in [7, 11) is 0. The molecule has 9 heteroatoms. The van der Waals surface area contributed by atoms with Crippen molar-refractivity contribution in [2.45, 2.75) is 44.8 Å². The van der Waals surface area contributed by atoms with Crippen LogP contribution in [-0.2, 0) is 4.79 Å². The van der Waals surface area contributed by atoms with Gasteiger partial charge in [0.05, 0.1) is 11.0 Å². The van der Waals surface area contributed by atoms with E-state index in [0.29, 0.717) is 22.2 Å². The molecule has 1 saturated heterocycles. The highest BCUT2D eigenvalue weighted by molar-refractivity contribution is 6.35. The number of aliphatic hydroxyl groups is 1. The van der Waals surface area contributed by atoms with Crippen molar-refractivity contribution in [1.82, 2.24) is 15.0 Å². The Morgan fingerprint density at radius 2 is 2.06 bits per heavy atom. The van der Waals surface area contributed by atoms with Gasteiger partial charge >= 0.3 is 0 Å². The molecule has 0 unspecified atom stereocenters. The molecule has 3 heterocycles. The molecule has 3 N–H and O–H groups in total. The summed E-state index contributed by atoms with van der Waals surface area (Å²) in [4.78, 5) is 27.4. The van der Waals surface area contributed by atoms with Crippen LogP contribution in [0.1, 0.15) is 33.1 Å². The quantitative estimate of drug-likeness (QED) is 0.458. The van der Waals surface area contributed by atoms with E-state index in [1.807, 2.05) is 12.3 Å². The zero-order valence-electron chi connectivity index (χ0n) is 18.1. The van der Waals surface area contributed by atoms with E-state index in [9.17, 15) is 9.90 Å². The van der Waals surface area contributed by atoms with Crippen LogP contribution in [0, 0.1) is 5.92 Å². The topological polar surface area (TPSA) is 94.1 Å². The third-order valence-corrected chi connectivity index (χ3v) is 6.28. The van der Waals surface area contributed by atoms with Gasteiger partial charge in [-0.2, -0.15) is 0 Å². The lowest BCUT2D eigenvalue weighted by Gasteiger charge is -2.35. The van der Waals surface area contributed by atoms with Gasteiger partial charge < -0.3 is 20.3 Å². The second-order valence-electron chi connectivity index (χ2n) is 8.95. The normalized spacial score (nSPS) is 18.0. The minimum absolute atomic E-state index is 0.0464. The number of piperidine rings is 1. The number of anilines is 2. The van der Waals surface area contributed by atoms with Crippen molar-refractivity contribution in [2.24, 2.45) is 5.92 Å². The number of nitrogens with one attached hydrogen (secondary N) is 2. The van der Waals surface area contributed by atoms with Gasteiger partial charge in [0.2, 0.25) is 0 Å². The van der Waals surface area contributed by atoms with Gasteiger partial charge in [-0.05, 0) is 56.9 Å². The number of Topliss-reactive ketones (excluding diaryl/α,β-unsaturated/α-hetero) is 1. The molecule has 3 aromatic rings. The van der Waals surface area contributed by atoms with Gasteiger partial charge in [0.25, 0.3) is 0 Å². The molecule has 1 fully saturated rings. The molecule has 32 heavy (non-hydrogen) atoms. The summed E-state index contributed by atoms with van der Waals surface area (Å²) in [5.74, 6) is 1.00. The van der Waals surface area contributed by atoms with E-state index in [0.717, 1.165) is 42.8 Å². The maximum atomic E-state index is 13.3. The number of halogens is 2. The molecular formula is C23H27Cl2N5O2. The fourth-order valence-corrected chi connectivity index (χ4v) is 4.92. The summed E-state index contributed by atoms with van der Waals surface area (Å²) in [6.07, 6.45) is 5.69. The third-order valence-electron chi connectivity index (χ3n) is 5.84. The number of carbonyl (C=O) groups excluding carboxylic acids is 1. The SMILES string of the molecule is CC(C)(O)[C@@H](Nc1cc(Cl)cc(Cl)c1)C(=O)C[C@@H]1CCCN(c2ncnc3[nH]ccc23)C1. The van der Waals surface area contributed by atoms with E-state index in [1.165, 1.54) is 0 Å². The number of hydrogen-bond donors (Lipinski definition) is 3. The molecule has 1 aliphatic rings. The van der Waals surface area contributed by atoms with E-state index in [-0.39, 0.29) is 11.7 Å². The number of carbonyl (C=O) groups is 1. The summed E-state index contributed by atoms with van der Waals surface area (Å²) in [6, 6.07) is 6.20. The van der Waals surface area contributed by atoms with Crippen LogP contribution < -0.4 is 10.2 Å². The Bertz CT molecular complexity index is 1090. The van der Waals surface area contributed by atoms with Gasteiger partial charge in [0.15, 0.2) is 5.78 Å². The number of hydrogen-bond acceptors (Lipinski definition) is 6. The molecule has 0 spiro atoms. The molecule has 7 nitrogen and oxygen atoms in total. The van der Waals surface area contributed by atoms with Gasteiger partial charge in [0, 0.05) is 41.4 Å². The lowest BCUT2D eigenvalue weighted by Crippen LogP contribution is -2.49. The average Bonchev–Trinajstić information content (AvgIpc) is 3.19. The summed E-state index contributed by atoms with van der Waals surface area (Å²) in [5, 5.41) is 15.8. The zero-order chi connectivity index (χ0) is 22.9. The van der Waals surface area contributed by atoms with Gasteiger partial charge in [-0.25, -0.2) is 9.97 Å². The fraction of sp³-hybridized carbons (Fsp3) is 0.435. The Hall–Kier alpha value is -2.35. The summed E-state index contributed by atoms with van der Waals surface area (Å²) < 4.78 is 0. The second-order valence-corrected chi connectivity index (χ2v) is 9.82. The fourth-order valence-electron chi connectivity index (χ4n) is 4.39. The van der Waals surface area contributed by atoms with Crippen LogP contribution in [-0.4, -0.2) is 50.6 Å². The first-order valence-corrected chi connectivity index (χ1v) is 11.5. The van der Waals surface area contributed by atoms with Crippen LogP contribution in [0.15, 0.2) is 36.8 Å². The molecule has 170 valence electrons. The van der Waals surface area contributed by atoms with Gasteiger partial charge in [-0.3, -0.25) is 4.79 Å². The molecule has 2 aromatic heterocycles. The molecule has 0 radical (unpaired) electrons. The Kier molecular flexibility index (Phi) is 6.60. The van der Waals surface area contributed by atoms with Crippen molar-refractivity contribution in [1.29, 1.82) is 0 Å². The number of H-pyrrole nitrogens is 1. The van der Waals surface area contributed by atoms with Crippen molar-refractivity contribution < 1.29 is 9.90 Å². The van der Waals surface area contributed by atoms with Crippen molar-refractivity contribution in [3.63, 3.8) is 0 Å². The van der Waals surface area contributed by atoms with Crippen molar-refractivity contribution in [3.8, 4) is 0 Å². The summed E-state index contributed by atoms with van der Waals surface area (Å²) in [5.41, 5.74) is 0.147. The first kappa shape index (κ1) is 22.8. The number of aromatic nitrogens is 3. The number of nitrogens with zero attached hydrogens (tertiary/aromatic N) is 3. The van der Waals surface area contributed by atoms with Gasteiger partial charge in [0.1, 0.15) is 23.8 Å². The Morgan fingerprint density at radius 1 is 1.31 bits per heavy atom. The van der Waals surface area contributed by atoms with Crippen LogP contribution in [0.3, 0.4) is 0 Å². The van der Waals surface area contributed by atoms with E-state index >= 15 is 0 Å². The minimum Gasteiger partial charge on any atom is -0.388 e. The number of ketones is 1. The van der Waals surface area contributed by atoms with E-state index in [2.05, 4.69) is 25.2 Å². The average molecular weight is 476 g/mol. The Labute approximate surface area is 197 Å². The number of rotatable bonds is 7. The molecule has 0 amide bonds. The molecule has 0 saturated carbocycles. The van der Waals surface area contributed by atoms with Crippen LogP contribution >= 0.6 is 23.2 Å². The predicted molar refractivity (Wildman–Crippen MR) is 129 cm³/mol. The predicted octanol–water partition coefficient (Wildman–Crippen LogP) is 4.69. The van der Waals surface area contributed by atoms with Crippen molar-refractivity contribution >= 4 is 51.5 Å². The summed E-state index contributed by atoms with van der Waals surface area (Å²) >= 11 is 12.2. The minimum atomic E-state index is -1.26. The maximum absolute atomic E-state index is 13.3. The van der Waals surface area contributed by atoms with Crippen molar-refractivity contribution in [3.05, 3.63) is 46.8 Å². The highest BCUT2D eigenvalue weighted by atomic mass is 35.5. The van der Waals surface area contributed by atoms with Crippen LogP contribution in [0.5, 0.6) is 0 Å². The molecule has 1 aliphatic heterocycles. The Balaban J connectivity index is 1.48. The van der Waals surface area contributed by atoms with Crippen LogP contribution in [0.4, 0.5) is 11.5 Å². The van der Waals surface area contributed by atoms with E-state index < -0.39 is 11.6 Å². The van der Waals surface area contributed by atoms with E-state index in [4.69, 9.17) is 23.2 Å². The zero-order valence-corrected chi connectivity index (χ0v) is 19.6. The molecule has 1 aromatic carbocycles. The number of benzene rings is 1. The van der Waals surface area contributed by atoms with Gasteiger partial charge in [-0.15, -0.1) is 0 Å². The lowest BCUT2D eigenvalue weighted by atomic mass is 9.86. The molecule has 2 atom stereocenters. The van der Waals surface area contributed by atoms with Crippen molar-refractivity contribution in [2.75, 3.05) is 23.3 Å². The highest BCUT2D eigenvalue weighted by Crippen LogP contribution is 2.30. The standard InChI is InChI=1S/C23H27Cl2N5O2/c1-23(2,32)20(29-17-10-15(24)9-16(25)11-17)19(31)8-14-4-3-7-30(12-14)22-18-5-6-26-21(18)27-13-28-22/h5-6,9-11,13-14,20,29,32H,3-4,7-8,12H2,1-2H3,(H,26,27,28)/t14-,20-/m0/s1. The maximum Gasteiger partial charge on any atom is 0.158 e. The highest BCUT2D eigenvalue weighted by Gasteiger charge is 2.35. The molecule has 4 rings (SSSR count). The Morgan fingerprint density at radius 3 is 2.78 bits per heavy atom. The monoisotopic (exact) mass is 475 g/mol. The van der Waals surface area contributed by atoms with Crippen LogP contribution in [0.25, 0.3) is 11.0 Å². The lowest BCUT2D eigenvalue weighted by molar-refractivity contribution is -0.125. The summed E-state index contributed by atoms with van der Waals surface area (Å²) in [6.45, 7) is 4.87. The first-order chi connectivity index (χ1) is 15.2. The smallest absolute Gasteiger partial charge is 0.158 e. The van der Waals surface area contributed by atoms with Gasteiger partial charge in [-0.1, -0.05) is 23.2 Å². The largest absolute Gasteiger partial charge is 0.388 e. The van der Waals surface area contributed by atoms with E-state index in [1.54, 1.807) is 38.4 Å². The second kappa shape index (κ2) is 9.25. The van der Waals surface area contributed by atoms with Crippen LogP contribution in [0.2, 0.25) is 10.0 Å². The molecule has 0 aliphatic carbocycles. The number of aromatic amines is 1. The molecule has 0 bridgehead atoms. The third kappa shape index (κ3) is 5.17. The number of fused-ring (bicyclic) bond motifs is 1. The first-order valence-electron chi connectivity index (χ1n) is 10.7. The molecular weight excluding hydrogens is 449 g/mol.